The van der Waals surface area contributed by atoms with Crippen LogP contribution in [-0.4, -0.2) is 47.5 Å². The van der Waals surface area contributed by atoms with Gasteiger partial charge in [0.15, 0.2) is 5.69 Å². The summed E-state index contributed by atoms with van der Waals surface area (Å²) in [4.78, 5) is 47.4. The number of aryl methyl sites for hydroxylation is 1. The highest BCUT2D eigenvalue weighted by Gasteiger charge is 2.25. The lowest BCUT2D eigenvalue weighted by molar-refractivity contribution is -0.138. The molecule has 0 bridgehead atoms. The monoisotopic (exact) mass is 378 g/mol. The number of amides is 2. The van der Waals surface area contributed by atoms with E-state index in [-0.39, 0.29) is 42.3 Å². The molecule has 0 aliphatic carbocycles. The molecule has 2 rings (SSSR count). The Bertz CT molecular complexity index is 814. The summed E-state index contributed by atoms with van der Waals surface area (Å²) in [6.45, 7) is 3.84. The summed E-state index contributed by atoms with van der Waals surface area (Å²) < 4.78 is 11.3. The van der Waals surface area contributed by atoms with Crippen LogP contribution in [0.1, 0.15) is 37.2 Å². The van der Waals surface area contributed by atoms with Crippen molar-refractivity contribution in [2.75, 3.05) is 19.8 Å². The Hall–Kier alpha value is -3.17. The molecule has 10 heteroatoms. The Morgan fingerprint density at radius 2 is 1.96 bits per heavy atom. The Morgan fingerprint density at radius 3 is 2.67 bits per heavy atom. The molecule has 1 aliphatic rings. The molecule has 0 fully saturated rings. The highest BCUT2D eigenvalue weighted by Crippen LogP contribution is 2.09. The minimum absolute atomic E-state index is 0.0301. The van der Waals surface area contributed by atoms with Gasteiger partial charge in [0.2, 0.25) is 0 Å². The van der Waals surface area contributed by atoms with E-state index in [1.807, 2.05) is 6.92 Å². The molecule has 1 aliphatic heterocycles. The zero-order valence-electron chi connectivity index (χ0n) is 15.2. The molecule has 1 aromatic rings. The van der Waals surface area contributed by atoms with Gasteiger partial charge < -0.3 is 20.1 Å². The number of carbonyl (C=O) groups excluding carboxylic acids is 3. The highest BCUT2D eigenvalue weighted by atomic mass is 16.5. The number of aromatic nitrogens is 2. The van der Waals surface area contributed by atoms with E-state index in [1.54, 1.807) is 6.92 Å². The van der Waals surface area contributed by atoms with E-state index >= 15 is 0 Å². The molecule has 2 N–H and O–H groups in total. The maximum absolute atomic E-state index is 12.2. The van der Waals surface area contributed by atoms with Crippen molar-refractivity contribution < 1.29 is 23.9 Å². The number of carbonyl (C=O) groups is 3. The van der Waals surface area contributed by atoms with Gasteiger partial charge in [-0.1, -0.05) is 13.3 Å². The van der Waals surface area contributed by atoms with Crippen molar-refractivity contribution in [1.29, 1.82) is 0 Å². The first kappa shape index (κ1) is 20.1. The zero-order chi connectivity index (χ0) is 19.8. The van der Waals surface area contributed by atoms with Crippen LogP contribution in [0.2, 0.25) is 0 Å². The lowest BCUT2D eigenvalue weighted by atomic mass is 10.2. The van der Waals surface area contributed by atoms with Crippen molar-refractivity contribution in [3.05, 3.63) is 39.5 Å². The van der Waals surface area contributed by atoms with Crippen LogP contribution in [0.4, 0.5) is 4.79 Å². The fourth-order valence-corrected chi connectivity index (χ4v) is 2.31. The normalized spacial score (nSPS) is 13.6. The van der Waals surface area contributed by atoms with Gasteiger partial charge in [0.25, 0.3) is 5.56 Å². The summed E-state index contributed by atoms with van der Waals surface area (Å²) in [5.74, 6) is -1.38. The third-order valence-corrected chi connectivity index (χ3v) is 3.72. The van der Waals surface area contributed by atoms with Gasteiger partial charge in [-0.25, -0.2) is 19.1 Å². The van der Waals surface area contributed by atoms with Gasteiger partial charge in [0.1, 0.15) is 6.61 Å². The van der Waals surface area contributed by atoms with Crippen LogP contribution in [0.15, 0.2) is 28.2 Å². The van der Waals surface area contributed by atoms with Gasteiger partial charge >= 0.3 is 18.0 Å². The smallest absolute Gasteiger partial charge is 0.359 e. The Morgan fingerprint density at radius 1 is 1.19 bits per heavy atom. The first-order valence-electron chi connectivity index (χ1n) is 8.65. The van der Waals surface area contributed by atoms with Crippen LogP contribution < -0.4 is 16.2 Å². The lowest BCUT2D eigenvalue weighted by Gasteiger charge is -2.21. The standard InChI is InChI=1S/C17H22N4O6/c1-3-5-8-21-14(22)7-6-12(20-21)16(24)27-10-13-11(15(23)26-4-2)9-18-17(25)19-13/h6-7H,3-5,8-10H2,1-2H3,(H2,18,19,25). The third-order valence-electron chi connectivity index (χ3n) is 3.72. The molecule has 0 atom stereocenters. The van der Waals surface area contributed by atoms with Crippen LogP contribution in [0.3, 0.4) is 0 Å². The maximum atomic E-state index is 12.2. The summed E-state index contributed by atoms with van der Waals surface area (Å²) in [6.07, 6.45) is 1.63. The van der Waals surface area contributed by atoms with Gasteiger partial charge in [-0.2, -0.15) is 5.10 Å². The number of hydrogen-bond donors (Lipinski definition) is 2. The maximum Gasteiger partial charge on any atom is 0.359 e. The van der Waals surface area contributed by atoms with E-state index in [0.29, 0.717) is 6.54 Å². The fourth-order valence-electron chi connectivity index (χ4n) is 2.31. The number of rotatable bonds is 8. The largest absolute Gasteiger partial charge is 0.463 e. The first-order chi connectivity index (χ1) is 13.0. The van der Waals surface area contributed by atoms with Gasteiger partial charge in [0, 0.05) is 12.6 Å². The molecule has 2 heterocycles. The second-order valence-corrected chi connectivity index (χ2v) is 5.69. The molecule has 1 aromatic heterocycles. The van der Waals surface area contributed by atoms with Gasteiger partial charge in [-0.3, -0.25) is 4.79 Å². The average molecular weight is 378 g/mol. The molecular weight excluding hydrogens is 356 g/mol. The van der Waals surface area contributed by atoms with Crippen molar-refractivity contribution in [1.82, 2.24) is 20.4 Å². The van der Waals surface area contributed by atoms with E-state index in [1.165, 1.54) is 16.8 Å². The van der Waals surface area contributed by atoms with Crippen molar-refractivity contribution in [2.45, 2.75) is 33.2 Å². The van der Waals surface area contributed by atoms with Crippen LogP contribution >= 0.6 is 0 Å². The number of hydrogen-bond acceptors (Lipinski definition) is 7. The summed E-state index contributed by atoms with van der Waals surface area (Å²) in [6, 6.07) is 2.00. The SMILES string of the molecule is CCCCn1nc(C(=O)OCC2=C(C(=O)OCC)CNC(=O)N2)ccc1=O. The van der Waals surface area contributed by atoms with Crippen LogP contribution in [0.5, 0.6) is 0 Å². The molecular formula is C17H22N4O6. The predicted molar refractivity (Wildman–Crippen MR) is 93.9 cm³/mol. The minimum Gasteiger partial charge on any atom is -0.463 e. The molecule has 146 valence electrons. The molecule has 0 saturated heterocycles. The third kappa shape index (κ3) is 5.40. The van der Waals surface area contributed by atoms with Gasteiger partial charge in [0.05, 0.1) is 24.4 Å². The van der Waals surface area contributed by atoms with E-state index < -0.39 is 18.0 Å². The Balaban J connectivity index is 2.11. The number of unbranched alkanes of at least 4 members (excludes halogenated alkanes) is 1. The number of ether oxygens (including phenoxy) is 2. The van der Waals surface area contributed by atoms with E-state index in [0.717, 1.165) is 12.8 Å². The number of urea groups is 1. The highest BCUT2D eigenvalue weighted by molar-refractivity contribution is 5.94. The molecule has 0 spiro atoms. The summed E-state index contributed by atoms with van der Waals surface area (Å²) in [5.41, 5.74) is -0.0304. The van der Waals surface area contributed by atoms with Crippen molar-refractivity contribution in [3.63, 3.8) is 0 Å². The topological polar surface area (TPSA) is 129 Å². The van der Waals surface area contributed by atoms with Gasteiger partial charge in [-0.15, -0.1) is 0 Å². The summed E-state index contributed by atoms with van der Waals surface area (Å²) >= 11 is 0. The second kappa shape index (κ2) is 9.51. The first-order valence-corrected chi connectivity index (χ1v) is 8.65. The molecule has 0 saturated carbocycles. The van der Waals surface area contributed by atoms with Crippen LogP contribution in [0, 0.1) is 0 Å². The van der Waals surface area contributed by atoms with E-state index in [4.69, 9.17) is 9.47 Å². The van der Waals surface area contributed by atoms with Crippen LogP contribution in [-0.2, 0) is 20.8 Å². The molecule has 10 nitrogen and oxygen atoms in total. The summed E-state index contributed by atoms with van der Waals surface area (Å²) in [5, 5.41) is 8.89. The van der Waals surface area contributed by atoms with E-state index in [9.17, 15) is 19.2 Å². The van der Waals surface area contributed by atoms with Gasteiger partial charge in [-0.05, 0) is 19.4 Å². The number of esters is 2. The van der Waals surface area contributed by atoms with Crippen LogP contribution in [0.25, 0.3) is 0 Å². The second-order valence-electron chi connectivity index (χ2n) is 5.69. The molecule has 0 aromatic carbocycles. The minimum atomic E-state index is -0.774. The van der Waals surface area contributed by atoms with Crippen molar-refractivity contribution in [2.24, 2.45) is 0 Å². The van der Waals surface area contributed by atoms with Crippen molar-refractivity contribution >= 4 is 18.0 Å². The molecule has 2 amide bonds. The predicted octanol–water partition coefficient (Wildman–Crippen LogP) is 0.330. The average Bonchev–Trinajstić information content (AvgIpc) is 2.65. The quantitative estimate of drug-likeness (QED) is 0.624. The number of nitrogens with zero attached hydrogens (tertiary/aromatic N) is 2. The Kier molecular flexibility index (Phi) is 7.09. The number of nitrogens with one attached hydrogen (secondary N) is 2. The molecule has 0 radical (unpaired) electrons. The zero-order valence-corrected chi connectivity index (χ0v) is 15.2. The lowest BCUT2D eigenvalue weighted by Crippen LogP contribution is -2.45. The van der Waals surface area contributed by atoms with Crippen molar-refractivity contribution in [3.8, 4) is 0 Å². The molecule has 0 unspecified atom stereocenters. The van der Waals surface area contributed by atoms with E-state index in [2.05, 4.69) is 15.7 Å². The fraction of sp³-hybridized carbons (Fsp3) is 0.471. The Labute approximate surface area is 155 Å². The summed E-state index contributed by atoms with van der Waals surface area (Å²) in [7, 11) is 0. The molecule has 27 heavy (non-hydrogen) atoms.